The van der Waals surface area contributed by atoms with Gasteiger partial charge >= 0.3 is 0 Å². The summed E-state index contributed by atoms with van der Waals surface area (Å²) >= 11 is 0. The van der Waals surface area contributed by atoms with Crippen LogP contribution in [0.2, 0.25) is 0 Å². The summed E-state index contributed by atoms with van der Waals surface area (Å²) in [5, 5.41) is 18.0. The van der Waals surface area contributed by atoms with Gasteiger partial charge in [0.2, 0.25) is 35.4 Å². The normalized spacial score (nSPS) is 17.3. The Kier molecular flexibility index (Phi) is 20.1. The molecule has 6 atom stereocenters. The number of hydrogen-bond acceptors (Lipinski definition) is 9. The smallest absolute Gasteiger partial charge is 0.245 e. The fraction of sp³-hybridized carbons (Fsp3) is 0.542. The summed E-state index contributed by atoms with van der Waals surface area (Å²) in [4.78, 5) is 103. The van der Waals surface area contributed by atoms with E-state index < -0.39 is 71.6 Å². The minimum Gasteiger partial charge on any atom is -0.370 e. The lowest BCUT2D eigenvalue weighted by Crippen LogP contribution is -2.58. The number of aliphatic imine (C=N–C) groups is 1. The fourth-order valence-corrected chi connectivity index (χ4v) is 9.13. The number of likely N-dealkylation sites (tertiary alicyclic amines) is 1. The molecular weight excluding hydrogens is 862 g/mol. The molecule has 2 fully saturated rings. The molecule has 1 saturated heterocycles. The fourth-order valence-electron chi connectivity index (χ4n) is 9.13. The Bertz CT molecular complexity index is 2190. The summed E-state index contributed by atoms with van der Waals surface area (Å²) in [6.07, 6.45) is 9.83. The van der Waals surface area contributed by atoms with E-state index in [0.29, 0.717) is 44.9 Å². The van der Waals surface area contributed by atoms with Gasteiger partial charge in [0, 0.05) is 56.5 Å². The molecule has 364 valence electrons. The third-order valence-corrected chi connectivity index (χ3v) is 12.6. The highest BCUT2D eigenvalue weighted by atomic mass is 19.1. The number of rotatable bonds is 25. The van der Waals surface area contributed by atoms with E-state index in [1.54, 1.807) is 13.1 Å². The van der Waals surface area contributed by atoms with E-state index in [1.165, 1.54) is 30.0 Å². The van der Waals surface area contributed by atoms with Crippen LogP contribution >= 0.6 is 0 Å². The second-order valence-electron chi connectivity index (χ2n) is 17.6. The molecule has 11 N–H and O–H groups in total. The first-order valence-electron chi connectivity index (χ1n) is 23.5. The first-order chi connectivity index (χ1) is 32.3. The van der Waals surface area contributed by atoms with Crippen molar-refractivity contribution in [3.8, 4) is 0 Å². The van der Waals surface area contributed by atoms with E-state index in [9.17, 15) is 38.0 Å². The van der Waals surface area contributed by atoms with Crippen LogP contribution in [0.3, 0.4) is 0 Å². The number of carbonyl (C=O) groups excluding carboxylic acids is 7. The second kappa shape index (κ2) is 26.1. The van der Waals surface area contributed by atoms with E-state index in [0.717, 1.165) is 48.6 Å². The molecule has 0 radical (unpaired) electrons. The zero-order valence-corrected chi connectivity index (χ0v) is 38.6. The highest BCUT2D eigenvalue weighted by Crippen LogP contribution is 2.28. The number of H-pyrrole nitrogens is 1. The van der Waals surface area contributed by atoms with Gasteiger partial charge in [-0.2, -0.15) is 0 Å². The molecule has 0 spiro atoms. The number of aromatic nitrogens is 1. The van der Waals surface area contributed by atoms with Gasteiger partial charge in [0.05, 0.1) is 12.1 Å². The summed E-state index contributed by atoms with van der Waals surface area (Å²) in [5.41, 5.74) is 12.8. The van der Waals surface area contributed by atoms with Crippen LogP contribution in [0.5, 0.6) is 0 Å². The van der Waals surface area contributed by atoms with Crippen LogP contribution < -0.4 is 43.4 Å². The van der Waals surface area contributed by atoms with Crippen LogP contribution in [-0.2, 0) is 46.4 Å². The van der Waals surface area contributed by atoms with Gasteiger partial charge in [-0.25, -0.2) is 4.39 Å². The average Bonchev–Trinajstić information content (AvgIpc) is 3.98. The number of aldehydes is 1. The van der Waals surface area contributed by atoms with Gasteiger partial charge in [0.15, 0.2) is 5.96 Å². The van der Waals surface area contributed by atoms with Crippen LogP contribution in [-0.4, -0.2) is 121 Å². The topological polar surface area (TPSA) is 275 Å². The van der Waals surface area contributed by atoms with E-state index in [-0.39, 0.29) is 62.1 Å². The van der Waals surface area contributed by atoms with Crippen molar-refractivity contribution in [3.05, 3.63) is 71.7 Å². The van der Waals surface area contributed by atoms with Crippen LogP contribution in [0.1, 0.15) is 95.1 Å². The second-order valence-corrected chi connectivity index (χ2v) is 17.6. The highest BCUT2D eigenvalue weighted by molar-refractivity contribution is 5.96. The standard InChI is InChI=1S/C48H68FN11O7/c1-30(62)56-41(27-32-15-6-8-17-36(32)49)45(65)58-39(20-11-22-53-43(63)38(52-2)19-10-23-54-48(50)51)47(67)60-24-12-21-42(60)46(66)59-40(25-31-13-4-3-5-14-31)44(64)57-34(29-61)26-33-28-55-37-18-9-7-16-35(33)37/h6-9,15-18,28-29,31,34,38-42,52,55H,3-5,10-14,19-27H2,1-2H3,(H,53,63)(H,56,62)(H,57,64)(H,58,65)(H,59,66)(H4,50,51,54)/t34-,38-,39-,40+,41-,42-/m0/s1. The van der Waals surface area contributed by atoms with Gasteiger partial charge in [-0.05, 0) is 81.2 Å². The lowest BCUT2D eigenvalue weighted by molar-refractivity contribution is -0.142. The van der Waals surface area contributed by atoms with Gasteiger partial charge in [-0.1, -0.05) is 68.5 Å². The molecule has 67 heavy (non-hydrogen) atoms. The van der Waals surface area contributed by atoms with E-state index in [4.69, 9.17) is 11.5 Å². The molecule has 2 aliphatic rings. The van der Waals surface area contributed by atoms with Crippen molar-refractivity contribution in [2.75, 3.05) is 26.7 Å². The summed E-state index contributed by atoms with van der Waals surface area (Å²) in [6.45, 7) is 1.90. The summed E-state index contributed by atoms with van der Waals surface area (Å²) in [6, 6.07) is 7.69. The minimum absolute atomic E-state index is 0.0348. The predicted molar refractivity (Wildman–Crippen MR) is 252 cm³/mol. The molecule has 2 aromatic carbocycles. The van der Waals surface area contributed by atoms with Gasteiger partial charge in [0.1, 0.15) is 36.3 Å². The van der Waals surface area contributed by atoms with Crippen LogP contribution in [0.4, 0.5) is 4.39 Å². The number of halogens is 1. The maximum atomic E-state index is 14.8. The van der Waals surface area contributed by atoms with Crippen molar-refractivity contribution < 1.29 is 38.0 Å². The number of aromatic amines is 1. The molecule has 5 rings (SSSR count). The number of carbonyl (C=O) groups is 7. The van der Waals surface area contributed by atoms with Crippen LogP contribution in [0.25, 0.3) is 10.9 Å². The first-order valence-corrected chi connectivity index (χ1v) is 23.5. The molecule has 1 aromatic heterocycles. The number of benzene rings is 2. The number of nitrogens with one attached hydrogen (secondary N) is 7. The minimum atomic E-state index is -1.25. The molecule has 0 bridgehead atoms. The van der Waals surface area contributed by atoms with E-state index in [2.05, 4.69) is 41.9 Å². The van der Waals surface area contributed by atoms with Crippen LogP contribution in [0, 0.1) is 11.7 Å². The summed E-state index contributed by atoms with van der Waals surface area (Å²) < 4.78 is 14.8. The molecule has 6 amide bonds. The van der Waals surface area contributed by atoms with Crippen molar-refractivity contribution in [1.82, 2.24) is 41.8 Å². The Morgan fingerprint density at radius 3 is 2.24 bits per heavy atom. The zero-order valence-electron chi connectivity index (χ0n) is 38.6. The molecular formula is C48H68FN11O7. The number of hydrogen-bond donors (Lipinski definition) is 9. The van der Waals surface area contributed by atoms with Crippen molar-refractivity contribution >= 4 is 58.6 Å². The van der Waals surface area contributed by atoms with Crippen molar-refractivity contribution in [1.29, 1.82) is 0 Å². The monoisotopic (exact) mass is 930 g/mol. The SMILES string of the molecule is CN[C@@H](CCCN=C(N)N)C(=O)NCCC[C@H](NC(=O)[C@H](Cc1ccccc1F)NC(C)=O)C(=O)N1CCC[C@H]1C(=O)N[C@H](CC1CCCCC1)C(=O)N[C@H](C=O)Cc1c[nH]c2ccccc12. The van der Waals surface area contributed by atoms with Gasteiger partial charge in [-0.15, -0.1) is 0 Å². The number of para-hydroxylation sites is 1. The maximum absolute atomic E-state index is 14.8. The largest absolute Gasteiger partial charge is 0.370 e. The number of nitrogens with zero attached hydrogens (tertiary/aromatic N) is 2. The lowest BCUT2D eigenvalue weighted by atomic mass is 9.84. The summed E-state index contributed by atoms with van der Waals surface area (Å²) in [5.74, 6) is -3.59. The van der Waals surface area contributed by atoms with Crippen molar-refractivity contribution in [2.24, 2.45) is 22.4 Å². The average molecular weight is 930 g/mol. The molecule has 1 saturated carbocycles. The highest BCUT2D eigenvalue weighted by Gasteiger charge is 2.40. The number of amides is 6. The van der Waals surface area contributed by atoms with Gasteiger partial charge in [-0.3, -0.25) is 33.8 Å². The zero-order chi connectivity index (χ0) is 48.3. The Labute approximate surface area is 391 Å². The molecule has 2 heterocycles. The molecule has 3 aromatic rings. The van der Waals surface area contributed by atoms with Gasteiger partial charge in [0.25, 0.3) is 0 Å². The Hall–Kier alpha value is -6.37. The molecule has 18 nitrogen and oxygen atoms in total. The van der Waals surface area contributed by atoms with Crippen molar-refractivity contribution in [2.45, 2.75) is 133 Å². The molecule has 19 heteroatoms. The first kappa shape index (κ1) is 51.6. The third-order valence-electron chi connectivity index (χ3n) is 12.6. The number of nitrogens with two attached hydrogens (primary N) is 2. The molecule has 1 aliphatic carbocycles. The predicted octanol–water partition coefficient (Wildman–Crippen LogP) is 1.75. The maximum Gasteiger partial charge on any atom is 0.245 e. The van der Waals surface area contributed by atoms with Crippen LogP contribution in [0.15, 0.2) is 59.7 Å². The Balaban J connectivity index is 1.31. The van der Waals surface area contributed by atoms with E-state index in [1.807, 2.05) is 30.5 Å². The lowest BCUT2D eigenvalue weighted by Gasteiger charge is -2.32. The summed E-state index contributed by atoms with van der Waals surface area (Å²) in [7, 11) is 1.66. The number of guanidine groups is 1. The Morgan fingerprint density at radius 2 is 1.52 bits per heavy atom. The molecule has 1 aliphatic heterocycles. The third kappa shape index (κ3) is 15.6. The van der Waals surface area contributed by atoms with Gasteiger partial charge < -0.3 is 58.0 Å². The van der Waals surface area contributed by atoms with E-state index >= 15 is 0 Å². The number of likely N-dealkylation sites (N-methyl/N-ethyl adjacent to an activating group) is 1. The number of fused-ring (bicyclic) bond motifs is 1. The Morgan fingerprint density at radius 1 is 0.806 bits per heavy atom. The quantitative estimate of drug-likeness (QED) is 0.0257. The van der Waals surface area contributed by atoms with Crippen molar-refractivity contribution in [3.63, 3.8) is 0 Å². The molecule has 0 unspecified atom stereocenters.